The Morgan fingerprint density at radius 2 is 1.45 bits per heavy atom. The predicted octanol–water partition coefficient (Wildman–Crippen LogP) is 1.75. The fourth-order valence-electron chi connectivity index (χ4n) is 2.66. The third-order valence-electron chi connectivity index (χ3n) is 3.81. The molecule has 2 aliphatic heterocycles. The van der Waals surface area contributed by atoms with Gasteiger partial charge < -0.3 is 4.90 Å². The standard InChI is InChI=1S/C15H14N2O3/c1-4-5-17-14(19)11-6-9-8(2)16(3)13(18)10(9)7-12(11)15(17)20/h6-7H,2,4-5H2,1,3H3. The third-order valence-corrected chi connectivity index (χ3v) is 3.81. The number of imide groups is 1. The van der Waals surface area contributed by atoms with Gasteiger partial charge in [0, 0.05) is 24.9 Å². The quantitative estimate of drug-likeness (QED) is 0.769. The zero-order chi connectivity index (χ0) is 14.6. The van der Waals surface area contributed by atoms with Gasteiger partial charge in [-0.05, 0) is 18.6 Å². The molecule has 0 bridgehead atoms. The summed E-state index contributed by atoms with van der Waals surface area (Å²) in [7, 11) is 1.63. The van der Waals surface area contributed by atoms with Crippen molar-refractivity contribution >= 4 is 23.4 Å². The second-order valence-corrected chi connectivity index (χ2v) is 5.02. The highest BCUT2D eigenvalue weighted by Crippen LogP contribution is 2.35. The van der Waals surface area contributed by atoms with E-state index in [9.17, 15) is 14.4 Å². The van der Waals surface area contributed by atoms with Gasteiger partial charge in [-0.3, -0.25) is 19.3 Å². The van der Waals surface area contributed by atoms with Gasteiger partial charge in [-0.15, -0.1) is 0 Å². The molecule has 1 aromatic carbocycles. The van der Waals surface area contributed by atoms with Crippen LogP contribution in [0.3, 0.4) is 0 Å². The Kier molecular flexibility index (Phi) is 2.54. The Morgan fingerprint density at radius 3 is 2.00 bits per heavy atom. The molecule has 102 valence electrons. The van der Waals surface area contributed by atoms with Crippen LogP contribution in [0.1, 0.15) is 50.0 Å². The zero-order valence-corrected chi connectivity index (χ0v) is 11.4. The van der Waals surface area contributed by atoms with Crippen molar-refractivity contribution in [3.63, 3.8) is 0 Å². The molecule has 0 atom stereocenters. The monoisotopic (exact) mass is 270 g/mol. The van der Waals surface area contributed by atoms with Gasteiger partial charge in [0.25, 0.3) is 17.7 Å². The van der Waals surface area contributed by atoms with Crippen molar-refractivity contribution in [2.75, 3.05) is 13.6 Å². The molecule has 0 fully saturated rings. The van der Waals surface area contributed by atoms with Crippen LogP contribution in [-0.4, -0.2) is 41.1 Å². The first-order chi connectivity index (χ1) is 9.47. The van der Waals surface area contributed by atoms with E-state index in [1.807, 2.05) is 6.92 Å². The molecule has 5 nitrogen and oxygen atoms in total. The lowest BCUT2D eigenvalue weighted by molar-refractivity contribution is 0.0654. The van der Waals surface area contributed by atoms with Crippen molar-refractivity contribution in [3.05, 3.63) is 41.0 Å². The second-order valence-electron chi connectivity index (χ2n) is 5.02. The van der Waals surface area contributed by atoms with Crippen LogP contribution in [0, 0.1) is 0 Å². The number of carbonyl (C=O) groups is 3. The van der Waals surface area contributed by atoms with E-state index in [1.165, 1.54) is 15.9 Å². The number of hydrogen-bond donors (Lipinski definition) is 0. The van der Waals surface area contributed by atoms with Crippen LogP contribution in [0.25, 0.3) is 5.70 Å². The first kappa shape index (κ1) is 12.6. The molecule has 1 aromatic rings. The maximum atomic E-state index is 12.2. The van der Waals surface area contributed by atoms with Crippen LogP contribution in [0.4, 0.5) is 0 Å². The minimum absolute atomic E-state index is 0.193. The summed E-state index contributed by atoms with van der Waals surface area (Å²) in [5.41, 5.74) is 2.32. The molecule has 2 aliphatic rings. The van der Waals surface area contributed by atoms with Gasteiger partial charge in [0.05, 0.1) is 16.7 Å². The molecule has 0 aliphatic carbocycles. The highest BCUT2D eigenvalue weighted by molar-refractivity contribution is 6.23. The number of fused-ring (bicyclic) bond motifs is 2. The molecule has 0 radical (unpaired) electrons. The zero-order valence-electron chi connectivity index (χ0n) is 11.4. The molecule has 0 spiro atoms. The average molecular weight is 270 g/mol. The highest BCUT2D eigenvalue weighted by Gasteiger charge is 2.39. The first-order valence-electron chi connectivity index (χ1n) is 6.49. The van der Waals surface area contributed by atoms with E-state index in [2.05, 4.69) is 6.58 Å². The smallest absolute Gasteiger partial charge is 0.261 e. The van der Waals surface area contributed by atoms with Crippen molar-refractivity contribution < 1.29 is 14.4 Å². The maximum absolute atomic E-state index is 12.2. The second kappa shape index (κ2) is 4.03. The summed E-state index contributed by atoms with van der Waals surface area (Å²) in [4.78, 5) is 39.2. The van der Waals surface area contributed by atoms with Crippen LogP contribution < -0.4 is 0 Å². The number of amides is 3. The molecule has 0 unspecified atom stereocenters. The van der Waals surface area contributed by atoms with Crippen LogP contribution >= 0.6 is 0 Å². The van der Waals surface area contributed by atoms with Crippen molar-refractivity contribution in [3.8, 4) is 0 Å². The summed E-state index contributed by atoms with van der Waals surface area (Å²) >= 11 is 0. The summed E-state index contributed by atoms with van der Waals surface area (Å²) in [5.74, 6) is -0.797. The number of benzene rings is 1. The molecule has 5 heteroatoms. The van der Waals surface area contributed by atoms with Crippen LogP contribution in [0.5, 0.6) is 0 Å². The van der Waals surface area contributed by atoms with Crippen molar-refractivity contribution in [1.82, 2.24) is 9.80 Å². The minimum atomic E-state index is -0.317. The van der Waals surface area contributed by atoms with E-state index in [1.54, 1.807) is 13.1 Å². The maximum Gasteiger partial charge on any atom is 0.261 e. The largest absolute Gasteiger partial charge is 0.311 e. The Balaban J connectivity index is 2.16. The fraction of sp³-hybridized carbons (Fsp3) is 0.267. The SMILES string of the molecule is C=C1c2cc3c(cc2C(=O)N1C)C(=O)N(CCC)C3=O. The van der Waals surface area contributed by atoms with Crippen molar-refractivity contribution in [2.45, 2.75) is 13.3 Å². The summed E-state index contributed by atoms with van der Waals surface area (Å²) in [5, 5.41) is 0. The molecule has 3 rings (SSSR count). The number of carbonyl (C=O) groups excluding carboxylic acids is 3. The van der Waals surface area contributed by atoms with Gasteiger partial charge >= 0.3 is 0 Å². The Labute approximate surface area is 116 Å². The van der Waals surface area contributed by atoms with Gasteiger partial charge in [-0.2, -0.15) is 0 Å². The lowest BCUT2D eigenvalue weighted by atomic mass is 10.0. The molecule has 20 heavy (non-hydrogen) atoms. The van der Waals surface area contributed by atoms with Crippen LogP contribution in [0.15, 0.2) is 18.7 Å². The minimum Gasteiger partial charge on any atom is -0.311 e. The van der Waals surface area contributed by atoms with Crippen LogP contribution in [-0.2, 0) is 0 Å². The van der Waals surface area contributed by atoms with Gasteiger partial charge in [0.1, 0.15) is 0 Å². The summed E-state index contributed by atoms with van der Waals surface area (Å²) in [6.07, 6.45) is 0.708. The topological polar surface area (TPSA) is 57.7 Å². The van der Waals surface area contributed by atoms with E-state index >= 15 is 0 Å². The summed E-state index contributed by atoms with van der Waals surface area (Å²) < 4.78 is 0. The van der Waals surface area contributed by atoms with Gasteiger partial charge in [0.15, 0.2) is 0 Å². The number of rotatable bonds is 2. The van der Waals surface area contributed by atoms with Crippen molar-refractivity contribution in [2.24, 2.45) is 0 Å². The highest BCUT2D eigenvalue weighted by atomic mass is 16.2. The Hall–Kier alpha value is -2.43. The van der Waals surface area contributed by atoms with Crippen molar-refractivity contribution in [1.29, 1.82) is 0 Å². The third kappa shape index (κ3) is 1.40. The van der Waals surface area contributed by atoms with Gasteiger partial charge in [-0.25, -0.2) is 0 Å². The number of nitrogens with zero attached hydrogens (tertiary/aromatic N) is 2. The number of hydrogen-bond acceptors (Lipinski definition) is 3. The lowest BCUT2D eigenvalue weighted by Crippen LogP contribution is -2.30. The van der Waals surface area contributed by atoms with Crippen LogP contribution in [0.2, 0.25) is 0 Å². The molecular weight excluding hydrogens is 256 g/mol. The van der Waals surface area contributed by atoms with E-state index in [-0.39, 0.29) is 17.7 Å². The molecule has 0 saturated carbocycles. The predicted molar refractivity (Wildman–Crippen MR) is 73.2 cm³/mol. The molecule has 0 aromatic heterocycles. The lowest BCUT2D eigenvalue weighted by Gasteiger charge is -2.11. The van der Waals surface area contributed by atoms with E-state index in [4.69, 9.17) is 0 Å². The van der Waals surface area contributed by atoms with E-state index in [0.29, 0.717) is 40.9 Å². The fourth-order valence-corrected chi connectivity index (χ4v) is 2.66. The Morgan fingerprint density at radius 1 is 0.950 bits per heavy atom. The average Bonchev–Trinajstić information content (AvgIpc) is 2.80. The van der Waals surface area contributed by atoms with Gasteiger partial charge in [-0.1, -0.05) is 13.5 Å². The molecule has 3 amide bonds. The molecular formula is C15H14N2O3. The molecule has 0 N–H and O–H groups in total. The van der Waals surface area contributed by atoms with E-state index < -0.39 is 0 Å². The summed E-state index contributed by atoms with van der Waals surface area (Å²) in [6.45, 7) is 6.15. The van der Waals surface area contributed by atoms with Gasteiger partial charge in [0.2, 0.25) is 0 Å². The molecule has 0 saturated heterocycles. The first-order valence-corrected chi connectivity index (χ1v) is 6.49. The Bertz CT molecular complexity index is 636. The van der Waals surface area contributed by atoms with E-state index in [0.717, 1.165) is 0 Å². The summed E-state index contributed by atoms with van der Waals surface area (Å²) in [6, 6.07) is 3.14. The normalized spacial score (nSPS) is 17.1. The molecule has 2 heterocycles.